The zero-order valence-electron chi connectivity index (χ0n) is 9.58. The molecule has 0 spiro atoms. The van der Waals surface area contributed by atoms with Gasteiger partial charge in [0.2, 0.25) is 17.7 Å². The third-order valence-electron chi connectivity index (χ3n) is 2.28. The lowest BCUT2D eigenvalue weighted by atomic mass is 9.99. The molecule has 1 saturated heterocycles. The van der Waals surface area contributed by atoms with Crippen LogP contribution in [0.4, 0.5) is 0 Å². The van der Waals surface area contributed by atoms with E-state index in [1.807, 2.05) is 13.8 Å². The van der Waals surface area contributed by atoms with Gasteiger partial charge in [0.25, 0.3) is 0 Å². The number of carbonyl (C=O) groups excluding carboxylic acids is 3. The van der Waals surface area contributed by atoms with Gasteiger partial charge >= 0.3 is 0 Å². The Morgan fingerprint density at radius 3 is 2.31 bits per heavy atom. The molecule has 6 nitrogen and oxygen atoms in total. The number of carbonyl (C=O) groups is 3. The standard InChI is InChI=1S/C10H17N3O3/c1-10(2,11)4-3-9(16)13-5-7(14)12-8(15)6-13/h3-6,11H2,1-2H3,(H,12,14,15). The molecule has 3 amide bonds. The zero-order chi connectivity index (χ0) is 12.3. The van der Waals surface area contributed by atoms with Crippen LogP contribution in [0.1, 0.15) is 26.7 Å². The summed E-state index contributed by atoms with van der Waals surface area (Å²) in [7, 11) is 0. The lowest BCUT2D eigenvalue weighted by Gasteiger charge is -2.26. The van der Waals surface area contributed by atoms with E-state index in [1.165, 1.54) is 4.90 Å². The van der Waals surface area contributed by atoms with Crippen LogP contribution >= 0.6 is 0 Å². The highest BCUT2D eigenvalue weighted by atomic mass is 16.2. The third-order valence-corrected chi connectivity index (χ3v) is 2.28. The molecule has 16 heavy (non-hydrogen) atoms. The zero-order valence-corrected chi connectivity index (χ0v) is 9.58. The highest BCUT2D eigenvalue weighted by Gasteiger charge is 2.26. The first kappa shape index (κ1) is 12.6. The average molecular weight is 227 g/mol. The molecule has 0 aromatic carbocycles. The number of hydrogen-bond donors (Lipinski definition) is 2. The molecule has 90 valence electrons. The number of amides is 3. The van der Waals surface area contributed by atoms with Crippen molar-refractivity contribution in [1.82, 2.24) is 10.2 Å². The summed E-state index contributed by atoms with van der Waals surface area (Å²) in [6.45, 7) is 3.56. The van der Waals surface area contributed by atoms with Gasteiger partial charge in [-0.2, -0.15) is 0 Å². The summed E-state index contributed by atoms with van der Waals surface area (Å²) in [6, 6.07) is 0. The molecular formula is C10H17N3O3. The van der Waals surface area contributed by atoms with Crippen molar-refractivity contribution < 1.29 is 14.4 Å². The van der Waals surface area contributed by atoms with Crippen LogP contribution in [0.25, 0.3) is 0 Å². The normalized spacial score (nSPS) is 17.3. The van der Waals surface area contributed by atoms with Crippen LogP contribution < -0.4 is 11.1 Å². The van der Waals surface area contributed by atoms with Crippen molar-refractivity contribution in [2.24, 2.45) is 5.73 Å². The van der Waals surface area contributed by atoms with Gasteiger partial charge in [-0.05, 0) is 20.3 Å². The van der Waals surface area contributed by atoms with Crippen molar-refractivity contribution in [3.05, 3.63) is 0 Å². The number of nitrogens with one attached hydrogen (secondary N) is 1. The van der Waals surface area contributed by atoms with Crippen molar-refractivity contribution in [2.45, 2.75) is 32.2 Å². The van der Waals surface area contributed by atoms with E-state index in [9.17, 15) is 14.4 Å². The molecule has 0 unspecified atom stereocenters. The minimum atomic E-state index is -0.434. The Hall–Kier alpha value is -1.43. The molecule has 0 aliphatic carbocycles. The van der Waals surface area contributed by atoms with E-state index in [4.69, 9.17) is 5.73 Å². The number of nitrogens with zero attached hydrogens (tertiary/aromatic N) is 1. The lowest BCUT2D eigenvalue weighted by molar-refractivity contribution is -0.145. The molecule has 1 fully saturated rings. The van der Waals surface area contributed by atoms with Crippen LogP contribution in [-0.2, 0) is 14.4 Å². The Labute approximate surface area is 94.2 Å². The van der Waals surface area contributed by atoms with Crippen molar-refractivity contribution in [3.63, 3.8) is 0 Å². The largest absolute Gasteiger partial charge is 0.326 e. The van der Waals surface area contributed by atoms with Crippen LogP contribution in [0, 0.1) is 0 Å². The maximum atomic E-state index is 11.7. The molecule has 1 rings (SSSR count). The number of imide groups is 1. The Balaban J connectivity index is 2.48. The predicted octanol–water partition coefficient (Wildman–Crippen LogP) is -1.01. The van der Waals surface area contributed by atoms with Gasteiger partial charge in [-0.15, -0.1) is 0 Å². The second-order valence-electron chi connectivity index (χ2n) is 4.71. The molecule has 0 atom stereocenters. The van der Waals surface area contributed by atoms with Gasteiger partial charge in [-0.1, -0.05) is 0 Å². The number of rotatable bonds is 3. The van der Waals surface area contributed by atoms with Crippen molar-refractivity contribution in [3.8, 4) is 0 Å². The molecule has 3 N–H and O–H groups in total. The molecule has 0 radical (unpaired) electrons. The quantitative estimate of drug-likeness (QED) is 0.604. The first-order valence-corrected chi connectivity index (χ1v) is 5.17. The smallest absolute Gasteiger partial charge is 0.246 e. The molecule has 1 heterocycles. The van der Waals surface area contributed by atoms with Gasteiger partial charge < -0.3 is 10.6 Å². The van der Waals surface area contributed by atoms with Gasteiger partial charge in [0.15, 0.2) is 0 Å². The van der Waals surface area contributed by atoms with E-state index < -0.39 is 17.4 Å². The Morgan fingerprint density at radius 1 is 1.38 bits per heavy atom. The van der Waals surface area contributed by atoms with Gasteiger partial charge in [-0.3, -0.25) is 19.7 Å². The van der Waals surface area contributed by atoms with E-state index in [2.05, 4.69) is 5.32 Å². The fraction of sp³-hybridized carbons (Fsp3) is 0.700. The molecule has 0 bridgehead atoms. The number of hydrogen-bond acceptors (Lipinski definition) is 4. The van der Waals surface area contributed by atoms with E-state index in [0.717, 1.165) is 0 Å². The lowest BCUT2D eigenvalue weighted by Crippen LogP contribution is -2.53. The highest BCUT2D eigenvalue weighted by molar-refractivity contribution is 6.02. The van der Waals surface area contributed by atoms with Gasteiger partial charge in [0, 0.05) is 12.0 Å². The maximum absolute atomic E-state index is 11.7. The topological polar surface area (TPSA) is 92.5 Å². The second kappa shape index (κ2) is 4.61. The molecule has 0 aromatic rings. The molecular weight excluding hydrogens is 210 g/mol. The Kier molecular flexibility index (Phi) is 3.64. The summed E-state index contributed by atoms with van der Waals surface area (Å²) in [4.78, 5) is 35.0. The van der Waals surface area contributed by atoms with Crippen LogP contribution in [0.3, 0.4) is 0 Å². The van der Waals surface area contributed by atoms with E-state index in [1.54, 1.807) is 0 Å². The van der Waals surface area contributed by atoms with Crippen molar-refractivity contribution in [1.29, 1.82) is 0 Å². The summed E-state index contributed by atoms with van der Waals surface area (Å²) in [5.41, 5.74) is 5.33. The van der Waals surface area contributed by atoms with E-state index in [-0.39, 0.29) is 25.4 Å². The summed E-state index contributed by atoms with van der Waals surface area (Å²) >= 11 is 0. The SMILES string of the molecule is CC(C)(N)CCC(=O)N1CC(=O)NC(=O)C1. The average Bonchev–Trinajstić information content (AvgIpc) is 2.11. The first-order chi connectivity index (χ1) is 7.28. The Morgan fingerprint density at radius 2 is 1.88 bits per heavy atom. The first-order valence-electron chi connectivity index (χ1n) is 5.17. The maximum Gasteiger partial charge on any atom is 0.246 e. The summed E-state index contributed by atoms with van der Waals surface area (Å²) in [5.74, 6) is -1.07. The summed E-state index contributed by atoms with van der Waals surface area (Å²) in [5, 5.41) is 2.14. The monoisotopic (exact) mass is 227 g/mol. The molecule has 6 heteroatoms. The van der Waals surface area contributed by atoms with Crippen LogP contribution in [0.2, 0.25) is 0 Å². The van der Waals surface area contributed by atoms with Gasteiger partial charge in [0.1, 0.15) is 13.1 Å². The van der Waals surface area contributed by atoms with Gasteiger partial charge in [-0.25, -0.2) is 0 Å². The minimum absolute atomic E-state index is 0.0461. The summed E-state index contributed by atoms with van der Waals surface area (Å²) < 4.78 is 0. The third kappa shape index (κ3) is 3.98. The van der Waals surface area contributed by atoms with Crippen molar-refractivity contribution >= 4 is 17.7 Å². The minimum Gasteiger partial charge on any atom is -0.326 e. The predicted molar refractivity (Wildman–Crippen MR) is 57.2 cm³/mol. The fourth-order valence-corrected chi connectivity index (χ4v) is 1.40. The highest BCUT2D eigenvalue weighted by Crippen LogP contribution is 2.09. The van der Waals surface area contributed by atoms with Crippen molar-refractivity contribution in [2.75, 3.05) is 13.1 Å². The van der Waals surface area contributed by atoms with E-state index in [0.29, 0.717) is 6.42 Å². The molecule has 1 aliphatic rings. The van der Waals surface area contributed by atoms with Crippen LogP contribution in [0.5, 0.6) is 0 Å². The summed E-state index contributed by atoms with van der Waals surface area (Å²) in [6.07, 6.45) is 0.780. The van der Waals surface area contributed by atoms with E-state index >= 15 is 0 Å². The van der Waals surface area contributed by atoms with Crippen LogP contribution in [0.15, 0.2) is 0 Å². The number of piperazine rings is 1. The second-order valence-corrected chi connectivity index (χ2v) is 4.71. The Bertz CT molecular complexity index is 304. The van der Waals surface area contributed by atoms with Crippen LogP contribution in [-0.4, -0.2) is 41.2 Å². The van der Waals surface area contributed by atoms with Gasteiger partial charge in [0.05, 0.1) is 0 Å². The molecule has 0 aromatic heterocycles. The molecule has 1 aliphatic heterocycles. The fourth-order valence-electron chi connectivity index (χ4n) is 1.40. The molecule has 0 saturated carbocycles. The number of nitrogens with two attached hydrogens (primary N) is 1.